The van der Waals surface area contributed by atoms with Crippen molar-refractivity contribution in [2.24, 2.45) is 5.92 Å². The lowest BCUT2D eigenvalue weighted by atomic mass is 9.96. The summed E-state index contributed by atoms with van der Waals surface area (Å²) in [6, 6.07) is 3.91. The van der Waals surface area contributed by atoms with Crippen molar-refractivity contribution in [2.45, 2.75) is 19.8 Å². The number of hydrogen-bond acceptors (Lipinski definition) is 7. The van der Waals surface area contributed by atoms with Crippen LogP contribution in [0.2, 0.25) is 0 Å². The van der Waals surface area contributed by atoms with Crippen molar-refractivity contribution in [1.82, 2.24) is 24.6 Å². The Labute approximate surface area is 173 Å². The lowest BCUT2D eigenvalue weighted by Gasteiger charge is -2.38. The molecule has 0 saturated carbocycles. The molecule has 1 atom stereocenters. The predicted octanol–water partition coefficient (Wildman–Crippen LogP) is 1.85. The molecule has 0 radical (unpaired) electrons. The van der Waals surface area contributed by atoms with Gasteiger partial charge in [-0.3, -0.25) is 9.36 Å². The van der Waals surface area contributed by atoms with E-state index in [1.165, 1.54) is 11.3 Å². The number of amides is 2. The number of carbonyl (C=O) groups is 2. The lowest BCUT2D eigenvalue weighted by molar-refractivity contribution is -0.137. The van der Waals surface area contributed by atoms with Crippen LogP contribution in [0.4, 0.5) is 9.93 Å². The number of rotatable bonds is 4. The molecule has 4 heterocycles. The number of nitrogens with zero attached hydrogens (tertiary/aromatic N) is 6. The molecule has 2 aliphatic rings. The van der Waals surface area contributed by atoms with Crippen molar-refractivity contribution < 1.29 is 14.3 Å². The van der Waals surface area contributed by atoms with Gasteiger partial charge in [-0.1, -0.05) is 11.3 Å². The van der Waals surface area contributed by atoms with Gasteiger partial charge in [-0.15, -0.1) is 10.2 Å². The first kappa shape index (κ1) is 19.7. The van der Waals surface area contributed by atoms with Crippen molar-refractivity contribution >= 4 is 28.5 Å². The van der Waals surface area contributed by atoms with Crippen LogP contribution in [-0.2, 0) is 9.53 Å². The molecule has 2 aromatic rings. The molecule has 0 aliphatic carbocycles. The van der Waals surface area contributed by atoms with Crippen LogP contribution in [0.3, 0.4) is 0 Å². The number of ether oxygens (including phenoxy) is 1. The largest absolute Gasteiger partial charge is 0.450 e. The van der Waals surface area contributed by atoms with E-state index in [9.17, 15) is 9.59 Å². The molecule has 0 spiro atoms. The van der Waals surface area contributed by atoms with E-state index in [4.69, 9.17) is 4.74 Å². The van der Waals surface area contributed by atoms with Crippen LogP contribution in [0, 0.1) is 5.92 Å². The van der Waals surface area contributed by atoms with Crippen LogP contribution >= 0.6 is 11.3 Å². The van der Waals surface area contributed by atoms with Crippen LogP contribution in [-0.4, -0.2) is 82.4 Å². The van der Waals surface area contributed by atoms with E-state index >= 15 is 0 Å². The van der Waals surface area contributed by atoms with E-state index in [1.54, 1.807) is 11.8 Å². The molecule has 0 N–H and O–H groups in total. The van der Waals surface area contributed by atoms with Crippen molar-refractivity contribution in [3.05, 3.63) is 24.5 Å². The normalized spacial score (nSPS) is 20.0. The standard InChI is InChI=1S/C19H26N6O3S/c1-2-28-19(27)24-12-10-22(11-13-24)16(26)15-6-5-9-25(14-15)18-21-20-17(29-18)23-7-3-4-8-23/h3-4,7-8,15H,2,5-6,9-14H2,1H3/t15-/m1/s1. The molecule has 2 aliphatic heterocycles. The highest BCUT2D eigenvalue weighted by Gasteiger charge is 2.33. The highest BCUT2D eigenvalue weighted by Crippen LogP contribution is 2.28. The molecular formula is C19H26N6O3S. The number of hydrogen-bond donors (Lipinski definition) is 0. The Hall–Kier alpha value is -2.62. The molecular weight excluding hydrogens is 392 g/mol. The van der Waals surface area contributed by atoms with Gasteiger partial charge in [-0.25, -0.2) is 4.79 Å². The summed E-state index contributed by atoms with van der Waals surface area (Å²) in [7, 11) is 0. The minimum atomic E-state index is -0.293. The van der Waals surface area contributed by atoms with Crippen LogP contribution in [0.1, 0.15) is 19.8 Å². The molecule has 29 heavy (non-hydrogen) atoms. The first-order valence-electron chi connectivity index (χ1n) is 10.1. The molecule has 0 bridgehead atoms. The maximum absolute atomic E-state index is 13.1. The van der Waals surface area contributed by atoms with E-state index in [1.807, 2.05) is 34.0 Å². The Kier molecular flexibility index (Phi) is 5.98. The van der Waals surface area contributed by atoms with Gasteiger partial charge in [0.1, 0.15) is 0 Å². The van der Waals surface area contributed by atoms with Gasteiger partial charge in [-0.2, -0.15) is 0 Å². The summed E-state index contributed by atoms with van der Waals surface area (Å²) in [6.07, 6.45) is 5.44. The summed E-state index contributed by atoms with van der Waals surface area (Å²) in [5, 5.41) is 10.3. The average molecular weight is 419 g/mol. The predicted molar refractivity (Wildman–Crippen MR) is 109 cm³/mol. The van der Waals surface area contributed by atoms with E-state index in [-0.39, 0.29) is 17.9 Å². The number of piperidine rings is 1. The lowest BCUT2D eigenvalue weighted by Crippen LogP contribution is -2.53. The zero-order chi connectivity index (χ0) is 20.2. The van der Waals surface area contributed by atoms with Crippen LogP contribution < -0.4 is 4.90 Å². The Bertz CT molecular complexity index is 831. The van der Waals surface area contributed by atoms with Crippen LogP contribution in [0.15, 0.2) is 24.5 Å². The Morgan fingerprint density at radius 3 is 2.48 bits per heavy atom. The van der Waals surface area contributed by atoms with Crippen molar-refractivity contribution in [3.63, 3.8) is 0 Å². The number of aromatic nitrogens is 3. The fourth-order valence-corrected chi connectivity index (χ4v) is 4.69. The maximum atomic E-state index is 13.1. The monoisotopic (exact) mass is 418 g/mol. The minimum Gasteiger partial charge on any atom is -0.450 e. The van der Waals surface area contributed by atoms with E-state index in [0.717, 1.165) is 29.6 Å². The molecule has 156 valence electrons. The third kappa shape index (κ3) is 4.36. The van der Waals surface area contributed by atoms with Gasteiger partial charge in [0.15, 0.2) is 0 Å². The third-order valence-corrected chi connectivity index (χ3v) is 6.38. The number of piperazine rings is 1. The van der Waals surface area contributed by atoms with Gasteiger partial charge in [0, 0.05) is 51.7 Å². The Morgan fingerprint density at radius 1 is 1.07 bits per heavy atom. The van der Waals surface area contributed by atoms with Crippen LogP contribution in [0.5, 0.6) is 0 Å². The summed E-state index contributed by atoms with van der Waals surface area (Å²) in [5.74, 6) is 0.130. The SMILES string of the molecule is CCOC(=O)N1CCN(C(=O)[C@@H]2CCCN(c3nnc(-n4cccc4)s3)C2)CC1. The first-order valence-corrected chi connectivity index (χ1v) is 10.9. The van der Waals surface area contributed by atoms with Gasteiger partial charge in [0.05, 0.1) is 12.5 Å². The molecule has 2 aromatic heterocycles. The minimum absolute atomic E-state index is 0.0446. The van der Waals surface area contributed by atoms with E-state index < -0.39 is 0 Å². The Balaban J connectivity index is 1.34. The quantitative estimate of drug-likeness (QED) is 0.754. The molecule has 0 unspecified atom stereocenters. The number of anilines is 1. The highest BCUT2D eigenvalue weighted by molar-refractivity contribution is 7.17. The topological polar surface area (TPSA) is 83.8 Å². The van der Waals surface area contributed by atoms with Crippen molar-refractivity contribution in [3.8, 4) is 5.13 Å². The average Bonchev–Trinajstić information content (AvgIpc) is 3.45. The second-order valence-corrected chi connectivity index (χ2v) is 8.19. The molecule has 9 nitrogen and oxygen atoms in total. The van der Waals surface area contributed by atoms with Gasteiger partial charge < -0.3 is 19.4 Å². The number of carbonyl (C=O) groups excluding carboxylic acids is 2. The molecule has 4 rings (SSSR count). The van der Waals surface area contributed by atoms with E-state index in [0.29, 0.717) is 39.3 Å². The summed E-state index contributed by atoms with van der Waals surface area (Å²) in [6.45, 7) is 5.89. The second kappa shape index (κ2) is 8.81. The maximum Gasteiger partial charge on any atom is 0.409 e. The van der Waals surface area contributed by atoms with Crippen molar-refractivity contribution in [1.29, 1.82) is 0 Å². The smallest absolute Gasteiger partial charge is 0.409 e. The van der Waals surface area contributed by atoms with Crippen LogP contribution in [0.25, 0.3) is 5.13 Å². The molecule has 10 heteroatoms. The summed E-state index contributed by atoms with van der Waals surface area (Å²) >= 11 is 1.54. The van der Waals surface area contributed by atoms with Gasteiger partial charge >= 0.3 is 6.09 Å². The molecule has 2 fully saturated rings. The molecule has 2 saturated heterocycles. The van der Waals surface area contributed by atoms with Gasteiger partial charge in [0.2, 0.25) is 16.2 Å². The molecule has 0 aromatic carbocycles. The summed E-state index contributed by atoms with van der Waals surface area (Å²) in [4.78, 5) is 30.6. The van der Waals surface area contributed by atoms with Crippen molar-refractivity contribution in [2.75, 3.05) is 50.8 Å². The zero-order valence-electron chi connectivity index (χ0n) is 16.6. The first-order chi connectivity index (χ1) is 14.2. The second-order valence-electron chi connectivity index (χ2n) is 7.25. The zero-order valence-corrected chi connectivity index (χ0v) is 17.4. The van der Waals surface area contributed by atoms with E-state index in [2.05, 4.69) is 15.1 Å². The summed E-state index contributed by atoms with van der Waals surface area (Å²) < 4.78 is 6.99. The highest BCUT2D eigenvalue weighted by atomic mass is 32.1. The van der Waals surface area contributed by atoms with Gasteiger partial charge in [0.25, 0.3) is 0 Å². The third-order valence-electron chi connectivity index (χ3n) is 5.39. The fraction of sp³-hybridized carbons (Fsp3) is 0.579. The Morgan fingerprint density at radius 2 is 1.76 bits per heavy atom. The molecule has 2 amide bonds. The van der Waals surface area contributed by atoms with Gasteiger partial charge in [-0.05, 0) is 31.9 Å². The summed E-state index contributed by atoms with van der Waals surface area (Å²) in [5.41, 5.74) is 0. The fourth-order valence-electron chi connectivity index (χ4n) is 3.84.